The molecule has 55 heavy (non-hydrogen) atoms. The van der Waals surface area contributed by atoms with Gasteiger partial charge in [0.25, 0.3) is 0 Å². The summed E-state index contributed by atoms with van der Waals surface area (Å²) >= 11 is 0. The summed E-state index contributed by atoms with van der Waals surface area (Å²) in [5.74, 6) is 0. The summed E-state index contributed by atoms with van der Waals surface area (Å²) in [6.07, 6.45) is 0. The number of aromatic nitrogens is 2. The molecule has 0 aliphatic carbocycles. The Labute approximate surface area is 319 Å². The van der Waals surface area contributed by atoms with Crippen molar-refractivity contribution in [1.82, 2.24) is 9.55 Å². The molecule has 0 fully saturated rings. The number of hydrogen-bond acceptors (Lipinski definition) is 3. The molecule has 0 atom stereocenters. The normalized spacial score (nSPS) is 12.4. The van der Waals surface area contributed by atoms with Crippen LogP contribution in [0.15, 0.2) is 199 Å². The summed E-state index contributed by atoms with van der Waals surface area (Å²) in [6.45, 7) is 0.497. The lowest BCUT2D eigenvalue weighted by atomic mass is 10.0. The first-order valence-electron chi connectivity index (χ1n) is 18.7. The van der Waals surface area contributed by atoms with Crippen LogP contribution in [0.4, 0.5) is 0 Å². The first kappa shape index (κ1) is 31.6. The fourth-order valence-electron chi connectivity index (χ4n) is 8.70. The van der Waals surface area contributed by atoms with Crippen LogP contribution >= 0.6 is 0 Å². The van der Waals surface area contributed by atoms with Gasteiger partial charge in [0.2, 0.25) is 0 Å². The largest absolute Gasteiger partial charge is 0.459 e. The lowest BCUT2D eigenvalue weighted by Gasteiger charge is -2.35. The molecular formula is C50H34N2O2Si. The molecule has 1 aliphatic rings. The number of benzene rings is 8. The van der Waals surface area contributed by atoms with Gasteiger partial charge >= 0.3 is 6.01 Å². The van der Waals surface area contributed by atoms with E-state index in [-0.39, 0.29) is 0 Å². The van der Waals surface area contributed by atoms with Crippen molar-refractivity contribution in [1.29, 1.82) is 0 Å². The molecule has 8 aromatic carbocycles. The first-order chi connectivity index (χ1) is 27.2. The van der Waals surface area contributed by atoms with Crippen molar-refractivity contribution in [3.8, 4) is 34.0 Å². The van der Waals surface area contributed by atoms with E-state index < -0.39 is 8.07 Å². The predicted octanol–water partition coefficient (Wildman–Crippen LogP) is 9.53. The third-order valence-corrected chi connectivity index (χ3v) is 16.0. The highest BCUT2D eigenvalue weighted by molar-refractivity contribution is 7.20. The quantitative estimate of drug-likeness (QED) is 0.127. The van der Waals surface area contributed by atoms with Gasteiger partial charge in [0.05, 0.1) is 16.7 Å². The van der Waals surface area contributed by atoms with E-state index in [1.807, 2.05) is 24.3 Å². The second-order valence-corrected chi connectivity index (χ2v) is 18.1. The lowest BCUT2D eigenvalue weighted by Crippen LogP contribution is -2.74. The molecule has 0 saturated carbocycles. The summed E-state index contributed by atoms with van der Waals surface area (Å²) in [7, 11) is -2.88. The zero-order chi connectivity index (χ0) is 36.3. The van der Waals surface area contributed by atoms with Gasteiger partial charge in [-0.3, -0.25) is 4.57 Å². The van der Waals surface area contributed by atoms with E-state index in [0.29, 0.717) is 12.6 Å². The highest BCUT2D eigenvalue weighted by Crippen LogP contribution is 2.36. The Kier molecular flexibility index (Phi) is 7.22. The van der Waals surface area contributed by atoms with Gasteiger partial charge in [-0.2, -0.15) is 4.98 Å². The summed E-state index contributed by atoms with van der Waals surface area (Å²) in [6, 6.07) is 71.3. The van der Waals surface area contributed by atoms with Gasteiger partial charge < -0.3 is 9.15 Å². The minimum absolute atomic E-state index is 0.497. The third-order valence-electron chi connectivity index (χ3n) is 11.3. The Bertz CT molecular complexity index is 3020. The van der Waals surface area contributed by atoms with Gasteiger partial charge in [-0.05, 0) is 79.4 Å². The number of hydrogen-bond donors (Lipinski definition) is 0. The molecule has 4 nitrogen and oxygen atoms in total. The SMILES string of the molecule is c1ccc([Si](c2ccccc2)(c2cccc(-c3ccc4c(c3)-n3c(nc5ccccc53)OC4)c2)c2cccc(-c3ccc4oc5ccccc5c4c3)c2)cc1. The molecular weight excluding hydrogens is 689 g/mol. The number of imidazole rings is 1. The first-order valence-corrected chi connectivity index (χ1v) is 20.7. The van der Waals surface area contributed by atoms with Crippen molar-refractivity contribution in [3.05, 3.63) is 200 Å². The van der Waals surface area contributed by atoms with Crippen LogP contribution in [0.1, 0.15) is 5.56 Å². The van der Waals surface area contributed by atoms with Crippen LogP contribution in [-0.2, 0) is 6.61 Å². The molecule has 260 valence electrons. The summed E-state index contributed by atoms with van der Waals surface area (Å²) in [5.41, 5.74) is 10.7. The van der Waals surface area contributed by atoms with Crippen molar-refractivity contribution >= 4 is 61.8 Å². The number of ether oxygens (including phenoxy) is 1. The average molecular weight is 723 g/mol. The highest BCUT2D eigenvalue weighted by Gasteiger charge is 2.41. The van der Waals surface area contributed by atoms with Crippen molar-refractivity contribution in [2.75, 3.05) is 0 Å². The Hall–Kier alpha value is -6.95. The van der Waals surface area contributed by atoms with Gasteiger partial charge in [0.15, 0.2) is 8.07 Å². The third kappa shape index (κ3) is 5.01. The van der Waals surface area contributed by atoms with E-state index in [9.17, 15) is 0 Å². The molecule has 0 radical (unpaired) electrons. The topological polar surface area (TPSA) is 40.2 Å². The van der Waals surface area contributed by atoms with E-state index >= 15 is 0 Å². The Morgan fingerprint density at radius 1 is 0.455 bits per heavy atom. The summed E-state index contributed by atoms with van der Waals surface area (Å²) in [4.78, 5) is 4.80. The number of rotatable bonds is 6. The monoisotopic (exact) mass is 722 g/mol. The number of furan rings is 1. The van der Waals surface area contributed by atoms with Crippen molar-refractivity contribution < 1.29 is 9.15 Å². The van der Waals surface area contributed by atoms with Crippen molar-refractivity contribution in [2.24, 2.45) is 0 Å². The van der Waals surface area contributed by atoms with Crippen molar-refractivity contribution in [2.45, 2.75) is 6.61 Å². The highest BCUT2D eigenvalue weighted by atomic mass is 28.3. The van der Waals surface area contributed by atoms with Crippen LogP contribution in [0.2, 0.25) is 0 Å². The maximum Gasteiger partial charge on any atom is 0.302 e. The maximum absolute atomic E-state index is 6.20. The van der Waals surface area contributed by atoms with E-state index in [2.05, 4.69) is 174 Å². The van der Waals surface area contributed by atoms with E-state index in [1.54, 1.807) is 0 Å². The van der Waals surface area contributed by atoms with Crippen LogP contribution < -0.4 is 25.5 Å². The molecule has 0 spiro atoms. The van der Waals surface area contributed by atoms with E-state index in [4.69, 9.17) is 14.1 Å². The molecule has 2 aromatic heterocycles. The van der Waals surface area contributed by atoms with Gasteiger partial charge in [-0.25, -0.2) is 0 Å². The van der Waals surface area contributed by atoms with E-state index in [1.165, 1.54) is 37.4 Å². The molecule has 0 saturated heterocycles. The number of nitrogens with zero attached hydrogens (tertiary/aromatic N) is 2. The van der Waals surface area contributed by atoms with Gasteiger partial charge in [-0.1, -0.05) is 158 Å². The summed E-state index contributed by atoms with van der Waals surface area (Å²) in [5, 5.41) is 7.59. The number of para-hydroxylation sites is 3. The van der Waals surface area contributed by atoms with Crippen LogP contribution in [0.3, 0.4) is 0 Å². The fourth-order valence-corrected chi connectivity index (χ4v) is 13.5. The average Bonchev–Trinajstić information content (AvgIpc) is 3.83. The van der Waals surface area contributed by atoms with Crippen molar-refractivity contribution in [3.63, 3.8) is 0 Å². The molecule has 0 amide bonds. The van der Waals surface area contributed by atoms with E-state index in [0.717, 1.165) is 49.8 Å². The molecule has 0 bridgehead atoms. The Morgan fingerprint density at radius 3 is 1.78 bits per heavy atom. The minimum atomic E-state index is -2.88. The minimum Gasteiger partial charge on any atom is -0.459 e. The molecule has 1 aliphatic heterocycles. The standard InChI is InChI=1S/C50H34N2O2Si/c1-3-15-39(16-4-1)55(40-17-5-2-6-18-40,41-19-11-13-34(29-41)36-27-28-49-44(31-36)43-21-7-10-24-48(43)54-49)42-20-12-14-35(30-42)37-25-26-38-33-53-50-51-45-22-8-9-23-46(45)52(50)47(38)32-37/h1-32H,33H2. The predicted molar refractivity (Wildman–Crippen MR) is 227 cm³/mol. The lowest BCUT2D eigenvalue weighted by molar-refractivity contribution is 0.266. The molecule has 0 unspecified atom stereocenters. The molecule has 3 heterocycles. The zero-order valence-corrected chi connectivity index (χ0v) is 30.9. The second-order valence-electron chi connectivity index (χ2n) is 14.3. The fraction of sp³-hybridized carbons (Fsp3) is 0.0200. The second kappa shape index (κ2) is 12.6. The van der Waals surface area contributed by atoms with Gasteiger partial charge in [0, 0.05) is 16.3 Å². The Morgan fingerprint density at radius 2 is 1.04 bits per heavy atom. The molecule has 11 rings (SSSR count). The van der Waals surface area contributed by atoms with Crippen LogP contribution in [0.5, 0.6) is 6.01 Å². The maximum atomic E-state index is 6.20. The smallest absolute Gasteiger partial charge is 0.302 e. The molecule has 0 N–H and O–H groups in total. The van der Waals surface area contributed by atoms with Crippen LogP contribution in [0.25, 0.3) is 60.9 Å². The zero-order valence-electron chi connectivity index (χ0n) is 29.9. The van der Waals surface area contributed by atoms with Crippen LogP contribution in [0, 0.1) is 0 Å². The Balaban J connectivity index is 1.11. The molecule has 5 heteroatoms. The van der Waals surface area contributed by atoms with Gasteiger partial charge in [-0.15, -0.1) is 0 Å². The van der Waals surface area contributed by atoms with Crippen LogP contribution in [-0.4, -0.2) is 17.6 Å². The van der Waals surface area contributed by atoms with Gasteiger partial charge in [0.1, 0.15) is 17.8 Å². The summed E-state index contributed by atoms with van der Waals surface area (Å²) < 4.78 is 14.5. The number of fused-ring (bicyclic) bond motifs is 8. The molecule has 10 aromatic rings.